The average molecular weight is 230 g/mol. The van der Waals surface area contributed by atoms with E-state index in [2.05, 4.69) is 0 Å². The molecule has 0 bridgehead atoms. The van der Waals surface area contributed by atoms with Gasteiger partial charge in [-0.05, 0) is 30.9 Å². The highest BCUT2D eigenvalue weighted by atomic mass is 35.5. The quantitative estimate of drug-likeness (QED) is 0.821. The molecule has 1 atom stereocenters. The third-order valence-electron chi connectivity index (χ3n) is 2.99. The van der Waals surface area contributed by atoms with Crippen molar-refractivity contribution in [1.29, 1.82) is 0 Å². The summed E-state index contributed by atoms with van der Waals surface area (Å²) in [5, 5.41) is 1.38. The molecule has 2 rings (SSSR count). The summed E-state index contributed by atoms with van der Waals surface area (Å²) in [6, 6.07) is 5.55. The predicted octanol–water partition coefficient (Wildman–Crippen LogP) is 3.79. The Morgan fingerprint density at radius 3 is 2.21 bits per heavy atom. The van der Waals surface area contributed by atoms with Crippen molar-refractivity contribution in [3.63, 3.8) is 0 Å². The monoisotopic (exact) mass is 229 g/mol. The van der Waals surface area contributed by atoms with E-state index >= 15 is 0 Å². The number of nitrogens with two attached hydrogens (primary N) is 1. The Labute approximate surface area is 94.2 Å². The molecule has 1 aromatic carbocycles. The van der Waals surface area contributed by atoms with Crippen LogP contribution in [0.15, 0.2) is 18.2 Å². The maximum absolute atomic E-state index is 6.13. The van der Waals surface area contributed by atoms with Gasteiger partial charge in [-0.3, -0.25) is 0 Å². The number of rotatable bonds is 2. The average Bonchev–Trinajstić information content (AvgIpc) is 2.00. The van der Waals surface area contributed by atoms with Crippen LogP contribution in [0.5, 0.6) is 0 Å². The van der Waals surface area contributed by atoms with Gasteiger partial charge in [-0.2, -0.15) is 0 Å². The van der Waals surface area contributed by atoms with Crippen molar-refractivity contribution in [3.8, 4) is 0 Å². The number of benzene rings is 1. The minimum absolute atomic E-state index is 0.00458. The second-order valence-corrected chi connectivity index (χ2v) is 4.67. The SMILES string of the molecule is NC(c1c(Cl)cccc1Cl)C1CCC1. The van der Waals surface area contributed by atoms with Gasteiger partial charge in [0.25, 0.3) is 0 Å². The highest BCUT2D eigenvalue weighted by Gasteiger charge is 2.28. The van der Waals surface area contributed by atoms with Crippen LogP contribution in [0.1, 0.15) is 30.9 Å². The zero-order chi connectivity index (χ0) is 10.1. The zero-order valence-corrected chi connectivity index (χ0v) is 9.35. The van der Waals surface area contributed by atoms with Crippen LogP contribution in [0.4, 0.5) is 0 Å². The van der Waals surface area contributed by atoms with E-state index < -0.39 is 0 Å². The molecule has 0 heterocycles. The van der Waals surface area contributed by atoms with Gasteiger partial charge < -0.3 is 5.73 Å². The maximum Gasteiger partial charge on any atom is 0.0468 e. The van der Waals surface area contributed by atoms with E-state index in [0.29, 0.717) is 16.0 Å². The third kappa shape index (κ3) is 1.77. The topological polar surface area (TPSA) is 26.0 Å². The summed E-state index contributed by atoms with van der Waals surface area (Å²) in [4.78, 5) is 0. The number of hydrogen-bond acceptors (Lipinski definition) is 1. The maximum atomic E-state index is 6.13. The van der Waals surface area contributed by atoms with Crippen molar-refractivity contribution < 1.29 is 0 Å². The molecule has 76 valence electrons. The number of hydrogen-bond donors (Lipinski definition) is 1. The van der Waals surface area contributed by atoms with Crippen LogP contribution in [-0.2, 0) is 0 Å². The molecule has 2 N–H and O–H groups in total. The van der Waals surface area contributed by atoms with Gasteiger partial charge >= 0.3 is 0 Å². The van der Waals surface area contributed by atoms with Gasteiger partial charge in [0.2, 0.25) is 0 Å². The molecule has 0 saturated heterocycles. The van der Waals surface area contributed by atoms with Gasteiger partial charge in [-0.15, -0.1) is 0 Å². The van der Waals surface area contributed by atoms with Crippen LogP contribution >= 0.6 is 23.2 Å². The molecular formula is C11H13Cl2N. The first-order chi connectivity index (χ1) is 6.70. The summed E-state index contributed by atoms with van der Waals surface area (Å²) in [7, 11) is 0. The molecule has 0 aromatic heterocycles. The molecule has 0 spiro atoms. The Morgan fingerprint density at radius 2 is 1.79 bits per heavy atom. The summed E-state index contributed by atoms with van der Waals surface area (Å²) >= 11 is 12.2. The van der Waals surface area contributed by atoms with Gasteiger partial charge in [-0.1, -0.05) is 35.7 Å². The van der Waals surface area contributed by atoms with Crippen LogP contribution < -0.4 is 5.73 Å². The molecule has 1 aromatic rings. The summed E-state index contributed by atoms with van der Waals surface area (Å²) in [5.74, 6) is 0.562. The largest absolute Gasteiger partial charge is 0.324 e. The fourth-order valence-electron chi connectivity index (χ4n) is 1.86. The predicted molar refractivity (Wildman–Crippen MR) is 60.7 cm³/mol. The molecule has 1 nitrogen and oxygen atoms in total. The van der Waals surface area contributed by atoms with Crippen molar-refractivity contribution in [2.24, 2.45) is 11.7 Å². The normalized spacial score (nSPS) is 19.1. The molecule has 14 heavy (non-hydrogen) atoms. The lowest BCUT2D eigenvalue weighted by molar-refractivity contribution is 0.264. The second-order valence-electron chi connectivity index (χ2n) is 3.85. The smallest absolute Gasteiger partial charge is 0.0468 e. The lowest BCUT2D eigenvalue weighted by Crippen LogP contribution is -2.27. The van der Waals surface area contributed by atoms with E-state index in [1.807, 2.05) is 18.2 Å². The molecule has 0 aliphatic heterocycles. The first kappa shape index (κ1) is 10.3. The Morgan fingerprint density at radius 1 is 1.21 bits per heavy atom. The van der Waals surface area contributed by atoms with Crippen LogP contribution in [0.3, 0.4) is 0 Å². The molecule has 0 amide bonds. The second kappa shape index (κ2) is 4.09. The highest BCUT2D eigenvalue weighted by Crippen LogP contribution is 2.40. The van der Waals surface area contributed by atoms with E-state index in [0.717, 1.165) is 5.56 Å². The molecule has 1 aliphatic rings. The molecule has 0 radical (unpaired) electrons. The standard InChI is InChI=1S/C11H13Cl2N/c12-8-5-2-6-9(13)10(8)11(14)7-3-1-4-7/h2,5-7,11H,1,3-4,14H2. The minimum Gasteiger partial charge on any atom is -0.324 e. The van der Waals surface area contributed by atoms with Crippen LogP contribution in [0, 0.1) is 5.92 Å². The molecular weight excluding hydrogens is 217 g/mol. The van der Waals surface area contributed by atoms with E-state index in [4.69, 9.17) is 28.9 Å². The highest BCUT2D eigenvalue weighted by molar-refractivity contribution is 6.36. The number of halogens is 2. The van der Waals surface area contributed by atoms with Gasteiger partial charge in [0, 0.05) is 21.7 Å². The van der Waals surface area contributed by atoms with Gasteiger partial charge in [0.1, 0.15) is 0 Å². The van der Waals surface area contributed by atoms with Crippen molar-refractivity contribution in [1.82, 2.24) is 0 Å². The van der Waals surface area contributed by atoms with E-state index in [1.165, 1.54) is 19.3 Å². The fourth-order valence-corrected chi connectivity index (χ4v) is 2.51. The van der Waals surface area contributed by atoms with Gasteiger partial charge in [0.05, 0.1) is 0 Å². The van der Waals surface area contributed by atoms with Gasteiger partial charge in [-0.25, -0.2) is 0 Å². The molecule has 3 heteroatoms. The molecule has 1 saturated carbocycles. The Balaban J connectivity index is 2.29. The van der Waals surface area contributed by atoms with E-state index in [1.54, 1.807) is 0 Å². The van der Waals surface area contributed by atoms with Crippen LogP contribution in [-0.4, -0.2) is 0 Å². The van der Waals surface area contributed by atoms with Crippen LogP contribution in [0.25, 0.3) is 0 Å². The third-order valence-corrected chi connectivity index (χ3v) is 3.65. The zero-order valence-electron chi connectivity index (χ0n) is 7.84. The van der Waals surface area contributed by atoms with Crippen molar-refractivity contribution >= 4 is 23.2 Å². The lowest BCUT2D eigenvalue weighted by Gasteiger charge is -2.32. The minimum atomic E-state index is 0.00458. The summed E-state index contributed by atoms with van der Waals surface area (Å²) in [6.07, 6.45) is 3.67. The summed E-state index contributed by atoms with van der Waals surface area (Å²) < 4.78 is 0. The first-order valence-corrected chi connectivity index (χ1v) is 5.65. The Kier molecular flexibility index (Phi) is 3.01. The van der Waals surface area contributed by atoms with Crippen molar-refractivity contribution in [2.75, 3.05) is 0 Å². The Hall–Kier alpha value is -0.240. The Bertz CT molecular complexity index is 314. The summed E-state index contributed by atoms with van der Waals surface area (Å²) in [6.45, 7) is 0. The van der Waals surface area contributed by atoms with Gasteiger partial charge in [0.15, 0.2) is 0 Å². The van der Waals surface area contributed by atoms with Crippen molar-refractivity contribution in [3.05, 3.63) is 33.8 Å². The molecule has 1 aliphatic carbocycles. The lowest BCUT2D eigenvalue weighted by atomic mass is 9.77. The first-order valence-electron chi connectivity index (χ1n) is 4.89. The summed E-state index contributed by atoms with van der Waals surface area (Å²) in [5.41, 5.74) is 7.05. The molecule has 1 unspecified atom stereocenters. The fraction of sp³-hybridized carbons (Fsp3) is 0.455. The van der Waals surface area contributed by atoms with E-state index in [9.17, 15) is 0 Å². The van der Waals surface area contributed by atoms with E-state index in [-0.39, 0.29) is 6.04 Å². The van der Waals surface area contributed by atoms with Crippen LogP contribution in [0.2, 0.25) is 10.0 Å². The molecule has 1 fully saturated rings. The van der Waals surface area contributed by atoms with Crippen molar-refractivity contribution in [2.45, 2.75) is 25.3 Å².